The number of nitrogens with zero attached hydrogens (tertiary/aromatic N) is 1. The molecule has 118 valence electrons. The molecule has 1 aromatic heterocycles. The molecule has 0 radical (unpaired) electrons. The number of carbonyl (C=O) groups is 2. The predicted molar refractivity (Wildman–Crippen MR) is 79.4 cm³/mol. The van der Waals surface area contributed by atoms with Crippen molar-refractivity contribution >= 4 is 23.3 Å². The van der Waals surface area contributed by atoms with Crippen LogP contribution >= 0.6 is 11.3 Å². The number of hydrogen-bond acceptors (Lipinski definition) is 6. The lowest BCUT2D eigenvalue weighted by molar-refractivity contribution is -0.166. The van der Waals surface area contributed by atoms with Crippen molar-refractivity contribution in [3.05, 3.63) is 20.7 Å². The summed E-state index contributed by atoms with van der Waals surface area (Å²) in [6, 6.07) is 0. The van der Waals surface area contributed by atoms with E-state index in [0.717, 1.165) is 29.9 Å². The summed E-state index contributed by atoms with van der Waals surface area (Å²) >= 11 is 1.09. The molecule has 0 fully saturated rings. The van der Waals surface area contributed by atoms with Crippen LogP contribution in [0.2, 0.25) is 0 Å². The van der Waals surface area contributed by atoms with E-state index in [1.54, 1.807) is 12.3 Å². The van der Waals surface area contributed by atoms with Gasteiger partial charge in [-0.2, -0.15) is 0 Å². The Morgan fingerprint density at radius 3 is 2.71 bits per heavy atom. The van der Waals surface area contributed by atoms with Crippen molar-refractivity contribution in [2.45, 2.75) is 52.7 Å². The Balaban J connectivity index is 2.36. The molecule has 0 unspecified atom stereocenters. The van der Waals surface area contributed by atoms with E-state index in [0.29, 0.717) is 6.61 Å². The van der Waals surface area contributed by atoms with E-state index >= 15 is 0 Å². The lowest BCUT2D eigenvalue weighted by atomic mass is 10.3. The summed E-state index contributed by atoms with van der Waals surface area (Å²) in [7, 11) is 0. The van der Waals surface area contributed by atoms with Gasteiger partial charge in [0.1, 0.15) is 0 Å². The molecule has 0 N–H and O–H groups in total. The summed E-state index contributed by atoms with van der Waals surface area (Å²) in [5.74, 6) is -1.06. The topological polar surface area (TPSA) is 74.6 Å². The number of carbonyl (C=O) groups excluding carboxylic acids is 2. The Morgan fingerprint density at radius 1 is 1.43 bits per heavy atom. The van der Waals surface area contributed by atoms with Crippen LogP contribution in [0.5, 0.6) is 0 Å². The van der Waals surface area contributed by atoms with Crippen LogP contribution < -0.4 is 4.87 Å². The first-order valence-corrected chi connectivity index (χ1v) is 7.84. The van der Waals surface area contributed by atoms with Crippen molar-refractivity contribution in [3.63, 3.8) is 0 Å². The van der Waals surface area contributed by atoms with Gasteiger partial charge in [-0.15, -0.1) is 0 Å². The highest BCUT2D eigenvalue weighted by atomic mass is 32.1. The van der Waals surface area contributed by atoms with E-state index in [2.05, 4.69) is 0 Å². The Morgan fingerprint density at radius 2 is 2.14 bits per heavy atom. The Bertz CT molecular complexity index is 534. The molecule has 0 saturated carbocycles. The molecule has 0 saturated heterocycles. The van der Waals surface area contributed by atoms with Crippen LogP contribution in [0.25, 0.3) is 0 Å². The standard InChI is InChI=1S/C14H21NO5S/c1-4-5-8-19-13(17)11(3)20-12(16)6-7-15-10(2)9-21-14(15)18/h9,11H,4-8H2,1-3H3/t11-/m0/s1. The van der Waals surface area contributed by atoms with E-state index < -0.39 is 18.0 Å². The molecule has 7 heteroatoms. The van der Waals surface area contributed by atoms with Crippen molar-refractivity contribution < 1.29 is 19.1 Å². The first-order chi connectivity index (χ1) is 9.95. The van der Waals surface area contributed by atoms with Crippen LogP contribution in [-0.2, 0) is 25.6 Å². The van der Waals surface area contributed by atoms with Crippen LogP contribution in [0.15, 0.2) is 10.2 Å². The van der Waals surface area contributed by atoms with Gasteiger partial charge in [0.15, 0.2) is 6.10 Å². The molecule has 0 aliphatic heterocycles. The van der Waals surface area contributed by atoms with E-state index in [1.807, 2.05) is 6.92 Å². The van der Waals surface area contributed by atoms with E-state index in [4.69, 9.17) is 9.47 Å². The van der Waals surface area contributed by atoms with Crippen LogP contribution in [0.3, 0.4) is 0 Å². The van der Waals surface area contributed by atoms with Crippen molar-refractivity contribution in [1.29, 1.82) is 0 Å². The van der Waals surface area contributed by atoms with Gasteiger partial charge in [0, 0.05) is 17.6 Å². The molecular formula is C14H21NO5S. The molecule has 0 bridgehead atoms. The Labute approximate surface area is 127 Å². The van der Waals surface area contributed by atoms with Gasteiger partial charge in [0.05, 0.1) is 13.0 Å². The maximum atomic E-state index is 11.7. The third-order valence-corrected chi connectivity index (χ3v) is 3.78. The van der Waals surface area contributed by atoms with Crippen molar-refractivity contribution in [3.8, 4) is 0 Å². The van der Waals surface area contributed by atoms with Crippen molar-refractivity contribution in [2.75, 3.05) is 6.61 Å². The van der Waals surface area contributed by atoms with Gasteiger partial charge in [-0.25, -0.2) is 4.79 Å². The second kappa shape index (κ2) is 8.61. The fraction of sp³-hybridized carbons (Fsp3) is 0.643. The largest absolute Gasteiger partial charge is 0.463 e. The van der Waals surface area contributed by atoms with Crippen LogP contribution in [-0.4, -0.2) is 29.2 Å². The highest BCUT2D eigenvalue weighted by Gasteiger charge is 2.19. The normalized spacial score (nSPS) is 12.0. The monoisotopic (exact) mass is 315 g/mol. The summed E-state index contributed by atoms with van der Waals surface area (Å²) in [5, 5.41) is 1.74. The molecule has 0 aliphatic carbocycles. The zero-order valence-electron chi connectivity index (χ0n) is 12.6. The SMILES string of the molecule is CCCCOC(=O)[C@H](C)OC(=O)CCn1c(C)csc1=O. The minimum Gasteiger partial charge on any atom is -0.463 e. The highest BCUT2D eigenvalue weighted by Crippen LogP contribution is 2.04. The van der Waals surface area contributed by atoms with Crippen LogP contribution in [0.1, 0.15) is 38.8 Å². The molecule has 0 amide bonds. The zero-order chi connectivity index (χ0) is 15.8. The number of ether oxygens (including phenoxy) is 2. The number of unbranched alkanes of at least 4 members (excludes halogenated alkanes) is 1. The minimum atomic E-state index is -0.922. The van der Waals surface area contributed by atoms with Crippen LogP contribution in [0, 0.1) is 6.92 Å². The molecule has 21 heavy (non-hydrogen) atoms. The van der Waals surface area contributed by atoms with Crippen molar-refractivity contribution in [1.82, 2.24) is 4.57 Å². The molecule has 6 nitrogen and oxygen atoms in total. The minimum absolute atomic E-state index is 0.0457. The summed E-state index contributed by atoms with van der Waals surface area (Å²) in [4.78, 5) is 34.6. The summed E-state index contributed by atoms with van der Waals surface area (Å²) in [5.41, 5.74) is 0.810. The average Bonchev–Trinajstić information content (AvgIpc) is 2.76. The first-order valence-electron chi connectivity index (χ1n) is 6.96. The number of aryl methyl sites for hydroxylation is 1. The zero-order valence-corrected chi connectivity index (χ0v) is 13.4. The van der Waals surface area contributed by atoms with E-state index in [1.165, 1.54) is 11.5 Å². The predicted octanol–water partition coefficient (Wildman–Crippen LogP) is 1.88. The van der Waals surface area contributed by atoms with E-state index in [9.17, 15) is 14.4 Å². The third-order valence-electron chi connectivity index (χ3n) is 2.90. The summed E-state index contributed by atoms with van der Waals surface area (Å²) in [6.45, 7) is 5.86. The lowest BCUT2D eigenvalue weighted by Crippen LogP contribution is -2.27. The number of thiazole rings is 1. The first kappa shape index (κ1) is 17.4. The maximum Gasteiger partial charge on any atom is 0.347 e. The molecule has 0 spiro atoms. The van der Waals surface area contributed by atoms with Gasteiger partial charge in [-0.1, -0.05) is 24.7 Å². The Hall–Kier alpha value is -1.63. The quantitative estimate of drug-likeness (QED) is 0.541. The fourth-order valence-electron chi connectivity index (χ4n) is 1.62. The second-order valence-electron chi connectivity index (χ2n) is 4.70. The van der Waals surface area contributed by atoms with Crippen molar-refractivity contribution in [2.24, 2.45) is 0 Å². The molecule has 0 aliphatic rings. The van der Waals surface area contributed by atoms with Gasteiger partial charge >= 0.3 is 16.8 Å². The van der Waals surface area contributed by atoms with Gasteiger partial charge < -0.3 is 14.0 Å². The van der Waals surface area contributed by atoms with Gasteiger partial charge in [-0.05, 0) is 20.3 Å². The van der Waals surface area contributed by atoms with Gasteiger partial charge in [0.25, 0.3) is 0 Å². The molecule has 0 aromatic carbocycles. The number of esters is 2. The smallest absolute Gasteiger partial charge is 0.347 e. The third kappa shape index (κ3) is 5.71. The van der Waals surface area contributed by atoms with Crippen LogP contribution in [0.4, 0.5) is 0 Å². The van der Waals surface area contributed by atoms with Gasteiger partial charge in [0.2, 0.25) is 0 Å². The maximum absolute atomic E-state index is 11.7. The second-order valence-corrected chi connectivity index (χ2v) is 5.52. The fourth-order valence-corrected chi connectivity index (χ4v) is 2.38. The average molecular weight is 315 g/mol. The molecule has 1 rings (SSSR count). The van der Waals surface area contributed by atoms with Gasteiger partial charge in [-0.3, -0.25) is 9.59 Å². The number of rotatable bonds is 8. The lowest BCUT2D eigenvalue weighted by Gasteiger charge is -2.12. The number of hydrogen-bond donors (Lipinski definition) is 0. The molecular weight excluding hydrogens is 294 g/mol. The number of aromatic nitrogens is 1. The summed E-state index contributed by atoms with van der Waals surface area (Å²) < 4.78 is 11.5. The molecule has 1 heterocycles. The summed E-state index contributed by atoms with van der Waals surface area (Å²) in [6.07, 6.45) is 0.835. The van der Waals surface area contributed by atoms with E-state index in [-0.39, 0.29) is 17.8 Å². The molecule has 1 aromatic rings. The molecule has 1 atom stereocenters. The highest BCUT2D eigenvalue weighted by molar-refractivity contribution is 7.07. The Kier molecular flexibility index (Phi) is 7.14.